The lowest BCUT2D eigenvalue weighted by Gasteiger charge is -2.28. The molecule has 0 spiro atoms. The molecule has 2 unspecified atom stereocenters. The van der Waals surface area contributed by atoms with Gasteiger partial charge in [0.25, 0.3) is 0 Å². The van der Waals surface area contributed by atoms with Gasteiger partial charge in [0, 0.05) is 17.1 Å². The van der Waals surface area contributed by atoms with Crippen molar-refractivity contribution in [2.24, 2.45) is 0 Å². The van der Waals surface area contributed by atoms with E-state index in [1.807, 2.05) is 49.9 Å². The van der Waals surface area contributed by atoms with Gasteiger partial charge < -0.3 is 14.6 Å². The predicted octanol–water partition coefficient (Wildman–Crippen LogP) is 2.64. The van der Waals surface area contributed by atoms with Gasteiger partial charge in [-0.15, -0.1) is 0 Å². The molecule has 18 heavy (non-hydrogen) atoms. The molecule has 1 heterocycles. The normalized spacial score (nSPS) is 21.9. The summed E-state index contributed by atoms with van der Waals surface area (Å²) in [5.41, 5.74) is 0.818. The van der Waals surface area contributed by atoms with Crippen molar-refractivity contribution in [3.8, 4) is 5.75 Å². The fourth-order valence-electron chi connectivity index (χ4n) is 1.97. The quantitative estimate of drug-likeness (QED) is 0.911. The standard InChI is InChI=1S/C14H20O3S/c1-10(2)17-12-6-4-3-5-11(12)14(15)13-9-18-8-7-16-13/h3-6,10,13-15H,7-9H2,1-2H3. The Bertz CT molecular complexity index is 375. The molecule has 0 radical (unpaired) electrons. The van der Waals surface area contributed by atoms with Crippen LogP contribution in [0.25, 0.3) is 0 Å². The third-order valence-corrected chi connectivity index (χ3v) is 3.81. The number of benzene rings is 1. The monoisotopic (exact) mass is 268 g/mol. The summed E-state index contributed by atoms with van der Waals surface area (Å²) in [7, 11) is 0. The lowest BCUT2D eigenvalue weighted by molar-refractivity contribution is -0.0240. The van der Waals surface area contributed by atoms with Crippen LogP contribution in [0, 0.1) is 0 Å². The third kappa shape index (κ3) is 3.40. The Morgan fingerprint density at radius 2 is 2.17 bits per heavy atom. The van der Waals surface area contributed by atoms with Gasteiger partial charge in [-0.25, -0.2) is 0 Å². The minimum atomic E-state index is -0.618. The van der Waals surface area contributed by atoms with Crippen molar-refractivity contribution >= 4 is 11.8 Å². The highest BCUT2D eigenvalue weighted by Gasteiger charge is 2.26. The molecule has 1 fully saturated rings. The van der Waals surface area contributed by atoms with E-state index in [0.717, 1.165) is 22.8 Å². The molecule has 100 valence electrons. The van der Waals surface area contributed by atoms with E-state index in [1.54, 1.807) is 0 Å². The van der Waals surface area contributed by atoms with Gasteiger partial charge in [0.15, 0.2) is 0 Å². The maximum atomic E-state index is 10.4. The van der Waals surface area contributed by atoms with E-state index in [0.29, 0.717) is 6.61 Å². The van der Waals surface area contributed by atoms with Crippen LogP contribution in [-0.2, 0) is 4.74 Å². The Kier molecular flexibility index (Phi) is 4.92. The second-order valence-corrected chi connectivity index (χ2v) is 5.78. The SMILES string of the molecule is CC(C)Oc1ccccc1C(O)C1CSCCO1. The van der Waals surface area contributed by atoms with Crippen LogP contribution in [0.3, 0.4) is 0 Å². The van der Waals surface area contributed by atoms with Crippen LogP contribution in [-0.4, -0.2) is 35.4 Å². The Morgan fingerprint density at radius 1 is 1.39 bits per heavy atom. The van der Waals surface area contributed by atoms with Gasteiger partial charge in [-0.1, -0.05) is 18.2 Å². The maximum absolute atomic E-state index is 10.4. The Balaban J connectivity index is 2.15. The second-order valence-electron chi connectivity index (χ2n) is 4.63. The second kappa shape index (κ2) is 6.45. The first-order chi connectivity index (χ1) is 8.68. The largest absolute Gasteiger partial charge is 0.491 e. The van der Waals surface area contributed by atoms with Gasteiger partial charge in [-0.05, 0) is 19.9 Å². The molecule has 1 aromatic carbocycles. The summed E-state index contributed by atoms with van der Waals surface area (Å²) in [6.45, 7) is 4.67. The number of hydrogen-bond acceptors (Lipinski definition) is 4. The number of aliphatic hydroxyl groups excluding tert-OH is 1. The molecule has 2 atom stereocenters. The van der Waals surface area contributed by atoms with E-state index in [-0.39, 0.29) is 12.2 Å². The fraction of sp³-hybridized carbons (Fsp3) is 0.571. The van der Waals surface area contributed by atoms with E-state index in [9.17, 15) is 5.11 Å². The molecule has 1 N–H and O–H groups in total. The Hall–Kier alpha value is -0.710. The molecule has 1 saturated heterocycles. The zero-order valence-electron chi connectivity index (χ0n) is 10.8. The van der Waals surface area contributed by atoms with Gasteiger partial charge in [0.05, 0.1) is 18.8 Å². The number of para-hydroxylation sites is 1. The van der Waals surface area contributed by atoms with Gasteiger partial charge in [0.1, 0.15) is 11.9 Å². The highest BCUT2D eigenvalue weighted by Crippen LogP contribution is 2.31. The van der Waals surface area contributed by atoms with E-state index in [4.69, 9.17) is 9.47 Å². The molecule has 3 nitrogen and oxygen atoms in total. The number of aliphatic hydroxyl groups is 1. The van der Waals surface area contributed by atoms with Gasteiger partial charge in [-0.3, -0.25) is 0 Å². The van der Waals surface area contributed by atoms with E-state index >= 15 is 0 Å². The summed E-state index contributed by atoms with van der Waals surface area (Å²) in [4.78, 5) is 0. The minimum absolute atomic E-state index is 0.0972. The van der Waals surface area contributed by atoms with Crippen molar-refractivity contribution in [3.05, 3.63) is 29.8 Å². The molecule has 4 heteroatoms. The first-order valence-electron chi connectivity index (χ1n) is 6.31. The minimum Gasteiger partial charge on any atom is -0.491 e. The smallest absolute Gasteiger partial charge is 0.125 e. The van der Waals surface area contributed by atoms with Crippen LogP contribution >= 0.6 is 11.8 Å². The van der Waals surface area contributed by atoms with Crippen molar-refractivity contribution < 1.29 is 14.6 Å². The summed E-state index contributed by atoms with van der Waals surface area (Å²) in [5.74, 6) is 2.59. The predicted molar refractivity (Wildman–Crippen MR) is 74.2 cm³/mol. The van der Waals surface area contributed by atoms with E-state index in [1.165, 1.54) is 0 Å². The van der Waals surface area contributed by atoms with Crippen LogP contribution in [0.15, 0.2) is 24.3 Å². The molecule has 0 saturated carbocycles. The zero-order valence-corrected chi connectivity index (χ0v) is 11.7. The van der Waals surface area contributed by atoms with Crippen LogP contribution in [0.4, 0.5) is 0 Å². The van der Waals surface area contributed by atoms with Crippen LogP contribution in [0.1, 0.15) is 25.5 Å². The summed E-state index contributed by atoms with van der Waals surface area (Å²) in [6, 6.07) is 7.64. The van der Waals surface area contributed by atoms with E-state index < -0.39 is 6.10 Å². The summed E-state index contributed by atoms with van der Waals surface area (Å²) >= 11 is 1.82. The molecule has 0 bridgehead atoms. The zero-order chi connectivity index (χ0) is 13.0. The lowest BCUT2D eigenvalue weighted by Crippen LogP contribution is -2.30. The van der Waals surface area contributed by atoms with Crippen LogP contribution < -0.4 is 4.74 Å². The van der Waals surface area contributed by atoms with Crippen molar-refractivity contribution in [2.75, 3.05) is 18.1 Å². The topological polar surface area (TPSA) is 38.7 Å². The first kappa shape index (κ1) is 13.7. The Labute approximate surface area is 112 Å². The van der Waals surface area contributed by atoms with Gasteiger partial charge >= 0.3 is 0 Å². The van der Waals surface area contributed by atoms with Crippen molar-refractivity contribution in [2.45, 2.75) is 32.2 Å². The molecular formula is C14H20O3S. The maximum Gasteiger partial charge on any atom is 0.125 e. The van der Waals surface area contributed by atoms with Gasteiger partial charge in [0.2, 0.25) is 0 Å². The average Bonchev–Trinajstić information content (AvgIpc) is 2.39. The number of hydrogen-bond donors (Lipinski definition) is 1. The lowest BCUT2D eigenvalue weighted by atomic mass is 10.0. The Morgan fingerprint density at radius 3 is 2.83 bits per heavy atom. The van der Waals surface area contributed by atoms with Crippen LogP contribution in [0.2, 0.25) is 0 Å². The summed E-state index contributed by atoms with van der Waals surface area (Å²) in [5, 5.41) is 10.4. The fourth-order valence-corrected chi connectivity index (χ4v) is 2.87. The first-order valence-corrected chi connectivity index (χ1v) is 7.47. The molecular weight excluding hydrogens is 248 g/mol. The van der Waals surface area contributed by atoms with Gasteiger partial charge in [-0.2, -0.15) is 11.8 Å². The summed E-state index contributed by atoms with van der Waals surface area (Å²) in [6.07, 6.45) is -0.659. The molecule has 1 aliphatic rings. The van der Waals surface area contributed by atoms with Crippen LogP contribution in [0.5, 0.6) is 5.75 Å². The van der Waals surface area contributed by atoms with E-state index in [2.05, 4.69) is 0 Å². The highest BCUT2D eigenvalue weighted by atomic mass is 32.2. The number of thioether (sulfide) groups is 1. The molecule has 0 aromatic heterocycles. The molecule has 1 aromatic rings. The number of ether oxygens (including phenoxy) is 2. The van der Waals surface area contributed by atoms with Crippen molar-refractivity contribution in [1.29, 1.82) is 0 Å². The van der Waals surface area contributed by atoms with Crippen molar-refractivity contribution in [1.82, 2.24) is 0 Å². The summed E-state index contributed by atoms with van der Waals surface area (Å²) < 4.78 is 11.4. The molecule has 2 rings (SSSR count). The molecule has 0 amide bonds. The highest BCUT2D eigenvalue weighted by molar-refractivity contribution is 7.99. The van der Waals surface area contributed by atoms with Crippen molar-refractivity contribution in [3.63, 3.8) is 0 Å². The third-order valence-electron chi connectivity index (χ3n) is 2.79. The number of rotatable bonds is 4. The molecule has 1 aliphatic heterocycles. The molecule has 0 aliphatic carbocycles. The average molecular weight is 268 g/mol.